The summed E-state index contributed by atoms with van der Waals surface area (Å²) in [5.74, 6) is 0.376. The Kier molecular flexibility index (Phi) is 5.50. The van der Waals surface area contributed by atoms with Gasteiger partial charge in [-0.05, 0) is 36.4 Å². The van der Waals surface area contributed by atoms with E-state index in [1.54, 1.807) is 35.1 Å². The first kappa shape index (κ1) is 20.0. The zero-order chi connectivity index (χ0) is 21.3. The quantitative estimate of drug-likeness (QED) is 0.644. The lowest BCUT2D eigenvalue weighted by atomic mass is 10.1. The molecule has 1 aliphatic heterocycles. The summed E-state index contributed by atoms with van der Waals surface area (Å²) >= 11 is 6.03. The van der Waals surface area contributed by atoms with Gasteiger partial charge in [0, 0.05) is 53.2 Å². The number of nitrogens with zero attached hydrogens (tertiary/aromatic N) is 2. The van der Waals surface area contributed by atoms with Gasteiger partial charge < -0.3 is 19.5 Å². The minimum Gasteiger partial charge on any atom is -0.497 e. The van der Waals surface area contributed by atoms with Crippen LogP contribution in [0.15, 0.2) is 55.1 Å². The van der Waals surface area contributed by atoms with E-state index in [9.17, 15) is 9.59 Å². The number of amides is 2. The number of nitrogens with one attached hydrogen (secondary N) is 1. The summed E-state index contributed by atoms with van der Waals surface area (Å²) in [5, 5.41) is 1.53. The molecular formula is C23H22ClN3O3. The molecule has 1 saturated heterocycles. The Hall–Kier alpha value is -3.25. The molecule has 2 amide bonds. The van der Waals surface area contributed by atoms with Gasteiger partial charge in [-0.2, -0.15) is 0 Å². The molecule has 2 aromatic carbocycles. The Morgan fingerprint density at radius 1 is 0.967 bits per heavy atom. The number of fused-ring (bicyclic) bond motifs is 1. The van der Waals surface area contributed by atoms with Gasteiger partial charge in [-0.25, -0.2) is 0 Å². The molecule has 6 nitrogen and oxygen atoms in total. The second kappa shape index (κ2) is 8.24. The van der Waals surface area contributed by atoms with E-state index < -0.39 is 0 Å². The number of carbonyl (C=O) groups is 2. The molecular weight excluding hydrogens is 402 g/mol. The summed E-state index contributed by atoms with van der Waals surface area (Å²) in [5.41, 5.74) is 2.75. The van der Waals surface area contributed by atoms with Gasteiger partial charge in [0.2, 0.25) is 0 Å². The number of aromatic amines is 1. The van der Waals surface area contributed by atoms with Crippen molar-refractivity contribution in [3.05, 3.63) is 77.0 Å². The van der Waals surface area contributed by atoms with Crippen LogP contribution in [-0.2, 0) is 4.74 Å². The molecule has 30 heavy (non-hydrogen) atoms. The van der Waals surface area contributed by atoms with E-state index in [-0.39, 0.29) is 11.8 Å². The molecule has 1 aromatic heterocycles. The molecule has 0 atom stereocenters. The maximum Gasteiger partial charge on any atom is 0.270 e. The SMILES string of the molecule is C=C(OC)c1cccc(C(=O)N2CCN(C(=O)c3cc4cc(Cl)ccc4[nH]3)CC2)c1. The molecule has 2 heterocycles. The Bertz CT molecular complexity index is 1130. The molecule has 0 bridgehead atoms. The summed E-state index contributed by atoms with van der Waals surface area (Å²) < 4.78 is 5.15. The lowest BCUT2D eigenvalue weighted by Crippen LogP contribution is -2.50. The van der Waals surface area contributed by atoms with Crippen LogP contribution in [0.3, 0.4) is 0 Å². The molecule has 0 unspecified atom stereocenters. The highest BCUT2D eigenvalue weighted by molar-refractivity contribution is 6.31. The highest BCUT2D eigenvalue weighted by Crippen LogP contribution is 2.22. The average Bonchev–Trinajstić information content (AvgIpc) is 3.21. The van der Waals surface area contributed by atoms with E-state index in [4.69, 9.17) is 16.3 Å². The summed E-state index contributed by atoms with van der Waals surface area (Å²) in [6.45, 7) is 5.74. The van der Waals surface area contributed by atoms with Crippen LogP contribution >= 0.6 is 11.6 Å². The molecule has 4 rings (SSSR count). The number of halogens is 1. The predicted molar refractivity (Wildman–Crippen MR) is 118 cm³/mol. The standard InChI is InChI=1S/C23H22ClN3O3/c1-15(30-2)16-4-3-5-17(12-16)22(28)26-8-10-27(11-9-26)23(29)21-14-18-13-19(24)6-7-20(18)25-21/h3-7,12-14,25H,1,8-11H2,2H3. The Balaban J connectivity index is 1.42. The van der Waals surface area contributed by atoms with Gasteiger partial charge in [0.25, 0.3) is 11.8 Å². The normalized spacial score (nSPS) is 14.1. The van der Waals surface area contributed by atoms with Crippen molar-refractivity contribution in [3.8, 4) is 0 Å². The Morgan fingerprint density at radius 3 is 2.33 bits per heavy atom. The number of aromatic nitrogens is 1. The first-order valence-corrected chi connectivity index (χ1v) is 10.0. The van der Waals surface area contributed by atoms with Crippen LogP contribution in [0.2, 0.25) is 5.02 Å². The summed E-state index contributed by atoms with van der Waals surface area (Å²) in [7, 11) is 1.55. The van der Waals surface area contributed by atoms with Crippen molar-refractivity contribution in [1.82, 2.24) is 14.8 Å². The fraction of sp³-hybridized carbons (Fsp3) is 0.217. The van der Waals surface area contributed by atoms with E-state index >= 15 is 0 Å². The number of hydrogen-bond acceptors (Lipinski definition) is 3. The number of benzene rings is 2. The number of methoxy groups -OCH3 is 1. The largest absolute Gasteiger partial charge is 0.497 e. The number of hydrogen-bond donors (Lipinski definition) is 1. The van der Waals surface area contributed by atoms with Crippen molar-refractivity contribution in [1.29, 1.82) is 0 Å². The molecule has 154 valence electrons. The second-order valence-corrected chi connectivity index (χ2v) is 7.64. The first-order valence-electron chi connectivity index (χ1n) is 9.66. The van der Waals surface area contributed by atoms with Gasteiger partial charge in [0.1, 0.15) is 11.5 Å². The van der Waals surface area contributed by atoms with Gasteiger partial charge in [0.05, 0.1) is 7.11 Å². The third-order valence-electron chi connectivity index (χ3n) is 5.35. The zero-order valence-corrected chi connectivity index (χ0v) is 17.4. The third-order valence-corrected chi connectivity index (χ3v) is 5.58. The molecule has 7 heteroatoms. The van der Waals surface area contributed by atoms with E-state index in [1.807, 2.05) is 30.3 Å². The molecule has 1 fully saturated rings. The molecule has 3 aromatic rings. The molecule has 0 spiro atoms. The summed E-state index contributed by atoms with van der Waals surface area (Å²) in [6.07, 6.45) is 0. The van der Waals surface area contributed by atoms with Crippen LogP contribution in [0, 0.1) is 0 Å². The Labute approximate surface area is 179 Å². The number of piperazine rings is 1. The van der Waals surface area contributed by atoms with Crippen LogP contribution in [-0.4, -0.2) is 59.9 Å². The molecule has 0 saturated carbocycles. The van der Waals surface area contributed by atoms with E-state index in [2.05, 4.69) is 11.6 Å². The highest BCUT2D eigenvalue weighted by Gasteiger charge is 2.26. The van der Waals surface area contributed by atoms with Crippen molar-refractivity contribution in [2.24, 2.45) is 0 Å². The minimum atomic E-state index is -0.0761. The Morgan fingerprint density at radius 2 is 1.63 bits per heavy atom. The van der Waals surface area contributed by atoms with E-state index in [0.29, 0.717) is 48.2 Å². The van der Waals surface area contributed by atoms with Gasteiger partial charge in [-0.3, -0.25) is 9.59 Å². The smallest absolute Gasteiger partial charge is 0.270 e. The fourth-order valence-corrected chi connectivity index (χ4v) is 3.81. The van der Waals surface area contributed by atoms with Crippen LogP contribution in [0.5, 0.6) is 0 Å². The van der Waals surface area contributed by atoms with E-state index in [1.165, 1.54) is 0 Å². The van der Waals surface area contributed by atoms with Crippen molar-refractivity contribution in [3.63, 3.8) is 0 Å². The van der Waals surface area contributed by atoms with Gasteiger partial charge >= 0.3 is 0 Å². The van der Waals surface area contributed by atoms with Crippen LogP contribution < -0.4 is 0 Å². The number of rotatable bonds is 4. The fourth-order valence-electron chi connectivity index (χ4n) is 3.63. The van der Waals surface area contributed by atoms with Crippen molar-refractivity contribution in [2.75, 3.05) is 33.3 Å². The molecule has 1 aliphatic rings. The zero-order valence-electron chi connectivity index (χ0n) is 16.7. The lowest BCUT2D eigenvalue weighted by Gasteiger charge is -2.34. The van der Waals surface area contributed by atoms with Crippen molar-refractivity contribution in [2.45, 2.75) is 0 Å². The molecule has 0 aliphatic carbocycles. The van der Waals surface area contributed by atoms with Gasteiger partial charge in [0.15, 0.2) is 0 Å². The molecule has 0 radical (unpaired) electrons. The van der Waals surface area contributed by atoms with Crippen molar-refractivity contribution >= 4 is 40.1 Å². The first-order chi connectivity index (χ1) is 14.5. The second-order valence-electron chi connectivity index (χ2n) is 7.21. The van der Waals surface area contributed by atoms with Crippen LogP contribution in [0.25, 0.3) is 16.7 Å². The number of ether oxygens (including phenoxy) is 1. The van der Waals surface area contributed by atoms with Crippen molar-refractivity contribution < 1.29 is 14.3 Å². The van der Waals surface area contributed by atoms with Crippen LogP contribution in [0.1, 0.15) is 26.4 Å². The predicted octanol–water partition coefficient (Wildman–Crippen LogP) is 4.04. The van der Waals surface area contributed by atoms with E-state index in [0.717, 1.165) is 16.5 Å². The maximum absolute atomic E-state index is 12.9. The summed E-state index contributed by atoms with van der Waals surface area (Å²) in [4.78, 5) is 32.5. The third kappa shape index (κ3) is 3.91. The highest BCUT2D eigenvalue weighted by atomic mass is 35.5. The number of carbonyl (C=O) groups excluding carboxylic acids is 2. The molecule has 1 N–H and O–H groups in total. The average molecular weight is 424 g/mol. The monoisotopic (exact) mass is 423 g/mol. The number of H-pyrrole nitrogens is 1. The maximum atomic E-state index is 12.9. The minimum absolute atomic E-state index is 0.0619. The lowest BCUT2D eigenvalue weighted by molar-refractivity contribution is 0.0533. The topological polar surface area (TPSA) is 65.6 Å². The van der Waals surface area contributed by atoms with Gasteiger partial charge in [-0.15, -0.1) is 0 Å². The van der Waals surface area contributed by atoms with Crippen LogP contribution in [0.4, 0.5) is 0 Å². The summed E-state index contributed by atoms with van der Waals surface area (Å²) in [6, 6.07) is 14.5. The van der Waals surface area contributed by atoms with Gasteiger partial charge in [-0.1, -0.05) is 30.3 Å².